The molecule has 2 aromatic carbocycles. The highest BCUT2D eigenvalue weighted by Gasteiger charge is 2.11. The van der Waals surface area contributed by atoms with Gasteiger partial charge in [-0.3, -0.25) is 9.59 Å². The Bertz CT molecular complexity index is 677. The van der Waals surface area contributed by atoms with Crippen molar-refractivity contribution in [2.75, 3.05) is 0 Å². The van der Waals surface area contributed by atoms with Crippen molar-refractivity contribution in [3.8, 4) is 5.75 Å². The number of rotatable bonds is 8. The average molecular weight is 312 g/mol. The van der Waals surface area contributed by atoms with Crippen LogP contribution in [-0.4, -0.2) is 16.9 Å². The quantitative estimate of drug-likeness (QED) is 0.748. The van der Waals surface area contributed by atoms with Crippen LogP contribution >= 0.6 is 0 Å². The Morgan fingerprint density at radius 3 is 2.43 bits per heavy atom. The van der Waals surface area contributed by atoms with E-state index in [1.807, 2.05) is 43.3 Å². The van der Waals surface area contributed by atoms with Crippen LogP contribution in [0, 0.1) is 6.92 Å². The maximum absolute atomic E-state index is 12.1. The van der Waals surface area contributed by atoms with Crippen LogP contribution < -0.4 is 4.74 Å². The number of carbonyl (C=O) groups is 2. The van der Waals surface area contributed by atoms with E-state index in [0.29, 0.717) is 24.3 Å². The maximum atomic E-state index is 12.1. The van der Waals surface area contributed by atoms with Crippen molar-refractivity contribution in [2.24, 2.45) is 0 Å². The molecule has 0 spiro atoms. The van der Waals surface area contributed by atoms with Crippen molar-refractivity contribution in [2.45, 2.75) is 32.8 Å². The van der Waals surface area contributed by atoms with Crippen LogP contribution in [0.1, 0.15) is 40.7 Å². The van der Waals surface area contributed by atoms with Crippen molar-refractivity contribution in [1.29, 1.82) is 0 Å². The van der Waals surface area contributed by atoms with E-state index >= 15 is 0 Å². The molecule has 23 heavy (non-hydrogen) atoms. The second-order valence-electron chi connectivity index (χ2n) is 5.42. The fourth-order valence-corrected chi connectivity index (χ4v) is 2.31. The molecule has 120 valence electrons. The van der Waals surface area contributed by atoms with Gasteiger partial charge in [0.1, 0.15) is 12.4 Å². The third-order valence-electron chi connectivity index (χ3n) is 3.54. The highest BCUT2D eigenvalue weighted by atomic mass is 16.5. The predicted molar refractivity (Wildman–Crippen MR) is 87.8 cm³/mol. The summed E-state index contributed by atoms with van der Waals surface area (Å²) in [4.78, 5) is 22.6. The molecule has 0 saturated carbocycles. The van der Waals surface area contributed by atoms with Gasteiger partial charge in [-0.15, -0.1) is 0 Å². The Labute approximate surface area is 135 Å². The molecule has 1 N–H and O–H groups in total. The third kappa shape index (κ3) is 5.25. The van der Waals surface area contributed by atoms with E-state index in [1.165, 1.54) is 0 Å². The minimum atomic E-state index is -0.876. The fraction of sp³-hybridized carbons (Fsp3) is 0.263. The zero-order valence-electron chi connectivity index (χ0n) is 13.1. The lowest BCUT2D eigenvalue weighted by atomic mass is 10.0. The molecule has 0 aliphatic carbocycles. The zero-order chi connectivity index (χ0) is 16.7. The highest BCUT2D eigenvalue weighted by Crippen LogP contribution is 2.20. The van der Waals surface area contributed by atoms with Crippen molar-refractivity contribution in [3.05, 3.63) is 65.2 Å². The molecule has 0 fully saturated rings. The summed E-state index contributed by atoms with van der Waals surface area (Å²) in [6.07, 6.45) is 0.625. The number of carboxylic acid groups (broad SMARTS) is 1. The van der Waals surface area contributed by atoms with E-state index < -0.39 is 5.97 Å². The molecular formula is C19H20O4. The first-order valence-corrected chi connectivity index (χ1v) is 7.58. The van der Waals surface area contributed by atoms with E-state index in [4.69, 9.17) is 9.84 Å². The number of benzene rings is 2. The number of Topliss-reactive ketones (excluding diaryl/α,β-unsaturated/α-hetero) is 1. The molecule has 0 saturated heterocycles. The van der Waals surface area contributed by atoms with Crippen LogP contribution in [0.25, 0.3) is 0 Å². The topological polar surface area (TPSA) is 63.6 Å². The normalized spacial score (nSPS) is 10.3. The van der Waals surface area contributed by atoms with Crippen LogP contribution in [-0.2, 0) is 11.4 Å². The number of carboxylic acids is 1. The summed E-state index contributed by atoms with van der Waals surface area (Å²) in [6, 6.07) is 15.2. The lowest BCUT2D eigenvalue weighted by molar-refractivity contribution is -0.137. The molecule has 0 aliphatic heterocycles. The molecule has 4 heteroatoms. The average Bonchev–Trinajstić information content (AvgIpc) is 2.53. The van der Waals surface area contributed by atoms with Gasteiger partial charge in [-0.2, -0.15) is 0 Å². The minimum absolute atomic E-state index is 0.0169. The third-order valence-corrected chi connectivity index (χ3v) is 3.54. The van der Waals surface area contributed by atoms with Gasteiger partial charge in [0.2, 0.25) is 0 Å². The first-order chi connectivity index (χ1) is 11.1. The fourth-order valence-electron chi connectivity index (χ4n) is 2.31. The Morgan fingerprint density at radius 2 is 1.78 bits per heavy atom. The number of hydrogen-bond donors (Lipinski definition) is 1. The van der Waals surface area contributed by atoms with E-state index in [2.05, 4.69) is 0 Å². The smallest absolute Gasteiger partial charge is 0.303 e. The summed E-state index contributed by atoms with van der Waals surface area (Å²) in [6.45, 7) is 2.34. The van der Waals surface area contributed by atoms with Crippen molar-refractivity contribution in [1.82, 2.24) is 0 Å². The number of aryl methyl sites for hydroxylation is 1. The molecule has 2 aromatic rings. The van der Waals surface area contributed by atoms with Gasteiger partial charge in [0, 0.05) is 18.4 Å². The summed E-state index contributed by atoms with van der Waals surface area (Å²) in [5, 5.41) is 8.61. The van der Waals surface area contributed by atoms with Crippen LogP contribution in [0.3, 0.4) is 0 Å². The second kappa shape index (κ2) is 8.13. The van der Waals surface area contributed by atoms with E-state index in [0.717, 1.165) is 11.1 Å². The van der Waals surface area contributed by atoms with Crippen LogP contribution in [0.15, 0.2) is 48.5 Å². The largest absolute Gasteiger partial charge is 0.489 e. The number of aliphatic carboxylic acids is 1. The van der Waals surface area contributed by atoms with Crippen molar-refractivity contribution < 1.29 is 19.4 Å². The van der Waals surface area contributed by atoms with Gasteiger partial charge in [-0.05, 0) is 42.7 Å². The predicted octanol–water partition coefficient (Wildman–Crippen LogP) is 4.01. The molecule has 0 bridgehead atoms. The van der Waals surface area contributed by atoms with E-state index in [-0.39, 0.29) is 18.6 Å². The molecule has 0 radical (unpaired) electrons. The maximum Gasteiger partial charge on any atom is 0.303 e. The van der Waals surface area contributed by atoms with E-state index in [1.54, 1.807) is 12.1 Å². The van der Waals surface area contributed by atoms with Gasteiger partial charge in [-0.25, -0.2) is 0 Å². The molecule has 0 unspecified atom stereocenters. The van der Waals surface area contributed by atoms with Crippen molar-refractivity contribution >= 4 is 11.8 Å². The SMILES string of the molecule is Cc1cc(OCc2ccccc2)ccc1C(=O)CCCC(=O)O. The van der Waals surface area contributed by atoms with Gasteiger partial charge in [0.05, 0.1) is 0 Å². The lowest BCUT2D eigenvalue weighted by Gasteiger charge is -2.10. The van der Waals surface area contributed by atoms with Gasteiger partial charge < -0.3 is 9.84 Å². The molecule has 0 aromatic heterocycles. The summed E-state index contributed by atoms with van der Waals surface area (Å²) >= 11 is 0. The summed E-state index contributed by atoms with van der Waals surface area (Å²) < 4.78 is 5.73. The highest BCUT2D eigenvalue weighted by molar-refractivity contribution is 5.97. The molecule has 2 rings (SSSR count). The van der Waals surface area contributed by atoms with E-state index in [9.17, 15) is 9.59 Å². The van der Waals surface area contributed by atoms with Crippen LogP contribution in [0.2, 0.25) is 0 Å². The standard InChI is InChI=1S/C19H20O4/c1-14-12-16(23-13-15-6-3-2-4-7-15)10-11-17(14)18(20)8-5-9-19(21)22/h2-4,6-7,10-12H,5,8-9,13H2,1H3,(H,21,22). The molecule has 0 aliphatic rings. The monoisotopic (exact) mass is 312 g/mol. The summed E-state index contributed by atoms with van der Waals surface area (Å²) in [7, 11) is 0. The number of carbonyl (C=O) groups excluding carboxylic acids is 1. The second-order valence-corrected chi connectivity index (χ2v) is 5.42. The minimum Gasteiger partial charge on any atom is -0.489 e. The summed E-state index contributed by atoms with van der Waals surface area (Å²) in [5.41, 5.74) is 2.55. The number of hydrogen-bond acceptors (Lipinski definition) is 3. The molecule has 0 atom stereocenters. The summed E-state index contributed by atoms with van der Waals surface area (Å²) in [5.74, 6) is -0.189. The van der Waals surface area contributed by atoms with Crippen molar-refractivity contribution in [3.63, 3.8) is 0 Å². The zero-order valence-corrected chi connectivity index (χ0v) is 13.1. The Morgan fingerprint density at radius 1 is 1.04 bits per heavy atom. The first-order valence-electron chi connectivity index (χ1n) is 7.58. The van der Waals surface area contributed by atoms with Gasteiger partial charge in [0.25, 0.3) is 0 Å². The van der Waals surface area contributed by atoms with Crippen LogP contribution in [0.5, 0.6) is 5.75 Å². The van der Waals surface area contributed by atoms with Gasteiger partial charge in [0.15, 0.2) is 5.78 Å². The molecule has 4 nitrogen and oxygen atoms in total. The molecule has 0 amide bonds. The molecule has 0 heterocycles. The van der Waals surface area contributed by atoms with Gasteiger partial charge in [-0.1, -0.05) is 30.3 Å². The number of ketones is 1. The van der Waals surface area contributed by atoms with Crippen LogP contribution in [0.4, 0.5) is 0 Å². The Hall–Kier alpha value is -2.62. The molecular weight excluding hydrogens is 292 g/mol. The Balaban J connectivity index is 1.94. The lowest BCUT2D eigenvalue weighted by Crippen LogP contribution is -2.04. The van der Waals surface area contributed by atoms with Gasteiger partial charge >= 0.3 is 5.97 Å². The number of ether oxygens (including phenoxy) is 1. The Kier molecular flexibility index (Phi) is 5.92. The first kappa shape index (κ1) is 16.7.